The van der Waals surface area contributed by atoms with E-state index in [9.17, 15) is 39.0 Å². The highest BCUT2D eigenvalue weighted by molar-refractivity contribution is 5.94. The zero-order valence-electron chi connectivity index (χ0n) is 19.3. The number of nitrogens with zero attached hydrogens (tertiary/aromatic N) is 1. The summed E-state index contributed by atoms with van der Waals surface area (Å²) >= 11 is 0. The first-order chi connectivity index (χ1) is 16.8. The van der Waals surface area contributed by atoms with Crippen molar-refractivity contribution in [1.82, 2.24) is 25.9 Å². The molecule has 36 heavy (non-hydrogen) atoms. The van der Waals surface area contributed by atoms with Gasteiger partial charge in [-0.1, -0.05) is 0 Å². The highest BCUT2D eigenvalue weighted by Crippen LogP contribution is 2.06. The number of hydrogen-bond donors (Lipinski definition) is 9. The number of aliphatic hydroxyl groups is 1. The number of aromatic amines is 1. The summed E-state index contributed by atoms with van der Waals surface area (Å²) in [5.41, 5.74) is 5.92. The van der Waals surface area contributed by atoms with Crippen LogP contribution in [0.15, 0.2) is 12.5 Å². The van der Waals surface area contributed by atoms with E-state index in [4.69, 9.17) is 15.9 Å². The van der Waals surface area contributed by atoms with Gasteiger partial charge in [-0.15, -0.1) is 0 Å². The predicted molar refractivity (Wildman–Crippen MR) is 119 cm³/mol. The van der Waals surface area contributed by atoms with Crippen LogP contribution in [0.1, 0.15) is 38.3 Å². The van der Waals surface area contributed by atoms with E-state index in [0.717, 1.165) is 0 Å². The zero-order chi connectivity index (χ0) is 27.4. The highest BCUT2D eigenvalue weighted by atomic mass is 16.4. The second-order valence-corrected chi connectivity index (χ2v) is 7.93. The average molecular weight is 514 g/mol. The first-order valence-electron chi connectivity index (χ1n) is 10.8. The third kappa shape index (κ3) is 10.5. The van der Waals surface area contributed by atoms with Gasteiger partial charge in [-0.05, 0) is 19.8 Å². The molecule has 1 aromatic heterocycles. The normalized spacial score (nSPS) is 15.0. The minimum absolute atomic E-state index is 0.199. The van der Waals surface area contributed by atoms with Gasteiger partial charge in [0.05, 0.1) is 12.4 Å². The van der Waals surface area contributed by atoms with E-state index in [1.54, 1.807) is 0 Å². The Balaban J connectivity index is 3.09. The number of carbonyl (C=O) groups is 6. The third-order valence-corrected chi connectivity index (χ3v) is 4.98. The number of carboxylic acid groups (broad SMARTS) is 3. The van der Waals surface area contributed by atoms with Crippen molar-refractivity contribution < 1.29 is 49.2 Å². The summed E-state index contributed by atoms with van der Waals surface area (Å²) in [6.07, 6.45) is -0.703. The molecule has 0 spiro atoms. The van der Waals surface area contributed by atoms with Crippen LogP contribution in [0.3, 0.4) is 0 Å². The molecule has 3 amide bonds. The van der Waals surface area contributed by atoms with Crippen molar-refractivity contribution in [2.75, 3.05) is 0 Å². The fourth-order valence-corrected chi connectivity index (χ4v) is 2.92. The van der Waals surface area contributed by atoms with Crippen LogP contribution < -0.4 is 21.7 Å². The number of nitrogens with two attached hydrogens (primary N) is 1. The molecular formula is C20H30N6O10. The number of imidazole rings is 1. The van der Waals surface area contributed by atoms with Gasteiger partial charge in [0.1, 0.15) is 24.2 Å². The van der Waals surface area contributed by atoms with Gasteiger partial charge in [0, 0.05) is 31.2 Å². The van der Waals surface area contributed by atoms with E-state index in [2.05, 4.69) is 25.9 Å². The summed E-state index contributed by atoms with van der Waals surface area (Å²) in [7, 11) is 0. The van der Waals surface area contributed by atoms with Crippen molar-refractivity contribution >= 4 is 35.6 Å². The topological polar surface area (TPSA) is 274 Å². The van der Waals surface area contributed by atoms with Gasteiger partial charge >= 0.3 is 17.9 Å². The number of carbonyl (C=O) groups excluding carboxylic acids is 3. The minimum atomic E-state index is -1.57. The molecule has 16 nitrogen and oxygen atoms in total. The van der Waals surface area contributed by atoms with E-state index in [0.29, 0.717) is 5.69 Å². The summed E-state index contributed by atoms with van der Waals surface area (Å²) < 4.78 is 0. The molecule has 0 aliphatic heterocycles. The minimum Gasteiger partial charge on any atom is -0.481 e. The van der Waals surface area contributed by atoms with E-state index >= 15 is 0 Å². The Morgan fingerprint density at radius 1 is 0.889 bits per heavy atom. The monoisotopic (exact) mass is 514 g/mol. The summed E-state index contributed by atoms with van der Waals surface area (Å²) in [4.78, 5) is 77.8. The number of aliphatic hydroxyl groups excluding tert-OH is 1. The number of carboxylic acids is 3. The van der Waals surface area contributed by atoms with Crippen molar-refractivity contribution in [2.24, 2.45) is 5.73 Å². The van der Waals surface area contributed by atoms with E-state index in [-0.39, 0.29) is 12.8 Å². The smallest absolute Gasteiger partial charge is 0.326 e. The van der Waals surface area contributed by atoms with Gasteiger partial charge in [0.2, 0.25) is 17.7 Å². The van der Waals surface area contributed by atoms with Gasteiger partial charge in [0.15, 0.2) is 0 Å². The fourth-order valence-electron chi connectivity index (χ4n) is 2.92. The Morgan fingerprint density at radius 3 is 1.86 bits per heavy atom. The number of aliphatic carboxylic acids is 3. The second-order valence-electron chi connectivity index (χ2n) is 7.93. The van der Waals surface area contributed by atoms with E-state index in [1.165, 1.54) is 19.4 Å². The SMILES string of the molecule is CC(O)C(N)C(=O)NC(CCC(=O)O)C(=O)NC(Cc1cnc[nH]1)C(=O)NC(CCC(=O)O)C(=O)O. The Kier molecular flexibility index (Phi) is 12.0. The van der Waals surface area contributed by atoms with Crippen LogP contribution in [-0.4, -0.2) is 96.3 Å². The molecule has 5 atom stereocenters. The number of amides is 3. The molecule has 0 aromatic carbocycles. The van der Waals surface area contributed by atoms with Crippen LogP contribution in [-0.2, 0) is 35.2 Å². The maximum Gasteiger partial charge on any atom is 0.326 e. The highest BCUT2D eigenvalue weighted by Gasteiger charge is 2.31. The van der Waals surface area contributed by atoms with E-state index in [1.807, 2.05) is 0 Å². The molecule has 0 aliphatic carbocycles. The molecule has 200 valence electrons. The molecule has 1 heterocycles. The molecule has 0 bridgehead atoms. The lowest BCUT2D eigenvalue weighted by atomic mass is 10.1. The standard InChI is InChI=1S/C20H30N6O10/c1-9(27)16(21)19(34)24-11(2-4-14(28)29)17(32)26-13(6-10-7-22-8-23-10)18(33)25-12(20(35)36)3-5-15(30)31/h7-9,11-13,16,27H,2-6,21H2,1H3,(H,22,23)(H,24,34)(H,25,33)(H,26,32)(H,28,29)(H,30,31)(H,35,36). The summed E-state index contributed by atoms with van der Waals surface area (Å²) in [5.74, 6) is -6.92. The fraction of sp³-hybridized carbons (Fsp3) is 0.550. The Bertz CT molecular complexity index is 935. The molecule has 1 rings (SSSR count). The molecular weight excluding hydrogens is 484 g/mol. The van der Waals surface area contributed by atoms with Crippen molar-refractivity contribution in [3.8, 4) is 0 Å². The zero-order valence-corrected chi connectivity index (χ0v) is 19.3. The molecule has 0 radical (unpaired) electrons. The molecule has 5 unspecified atom stereocenters. The molecule has 10 N–H and O–H groups in total. The van der Waals surface area contributed by atoms with Crippen molar-refractivity contribution in [2.45, 2.75) is 69.3 Å². The Labute approximate surface area is 204 Å². The van der Waals surface area contributed by atoms with Gasteiger partial charge in [-0.2, -0.15) is 0 Å². The Morgan fingerprint density at radius 2 is 1.39 bits per heavy atom. The quantitative estimate of drug-likeness (QED) is 0.106. The number of aromatic nitrogens is 2. The molecule has 0 saturated carbocycles. The van der Waals surface area contributed by atoms with Crippen LogP contribution in [0.2, 0.25) is 0 Å². The number of H-pyrrole nitrogens is 1. The second kappa shape index (κ2) is 14.4. The number of rotatable bonds is 16. The molecule has 0 fully saturated rings. The van der Waals surface area contributed by atoms with Crippen molar-refractivity contribution in [1.29, 1.82) is 0 Å². The van der Waals surface area contributed by atoms with Crippen LogP contribution in [0, 0.1) is 0 Å². The lowest BCUT2D eigenvalue weighted by Gasteiger charge is -2.25. The van der Waals surface area contributed by atoms with E-state index < -0.39 is 85.2 Å². The largest absolute Gasteiger partial charge is 0.481 e. The maximum absolute atomic E-state index is 12.9. The van der Waals surface area contributed by atoms with Gasteiger partial charge in [-0.3, -0.25) is 24.0 Å². The number of nitrogens with one attached hydrogen (secondary N) is 4. The molecule has 0 aliphatic rings. The van der Waals surface area contributed by atoms with Crippen LogP contribution >= 0.6 is 0 Å². The van der Waals surface area contributed by atoms with Gasteiger partial charge < -0.3 is 47.1 Å². The lowest BCUT2D eigenvalue weighted by molar-refractivity contribution is -0.143. The summed E-state index contributed by atoms with van der Waals surface area (Å²) in [6, 6.07) is -5.86. The third-order valence-electron chi connectivity index (χ3n) is 4.98. The Hall–Kier alpha value is -4.05. The van der Waals surface area contributed by atoms with Crippen LogP contribution in [0.5, 0.6) is 0 Å². The molecule has 1 aromatic rings. The lowest BCUT2D eigenvalue weighted by Crippen LogP contribution is -2.58. The van der Waals surface area contributed by atoms with Crippen LogP contribution in [0.25, 0.3) is 0 Å². The van der Waals surface area contributed by atoms with Crippen molar-refractivity contribution in [3.05, 3.63) is 18.2 Å². The van der Waals surface area contributed by atoms with Gasteiger partial charge in [-0.25, -0.2) is 9.78 Å². The first kappa shape index (κ1) is 30.0. The predicted octanol–water partition coefficient (Wildman–Crippen LogP) is -3.07. The molecule has 0 saturated heterocycles. The maximum atomic E-state index is 12.9. The first-order valence-corrected chi connectivity index (χ1v) is 10.8. The average Bonchev–Trinajstić information content (AvgIpc) is 3.30. The number of hydrogen-bond acceptors (Lipinski definition) is 9. The van der Waals surface area contributed by atoms with Gasteiger partial charge in [0.25, 0.3) is 0 Å². The molecule has 16 heteroatoms. The van der Waals surface area contributed by atoms with Crippen LogP contribution in [0.4, 0.5) is 0 Å². The summed E-state index contributed by atoms with van der Waals surface area (Å²) in [5, 5.41) is 43.3. The summed E-state index contributed by atoms with van der Waals surface area (Å²) in [6.45, 7) is 1.24. The van der Waals surface area contributed by atoms with Crippen molar-refractivity contribution in [3.63, 3.8) is 0 Å².